The highest BCUT2D eigenvalue weighted by Crippen LogP contribution is 2.34. The number of nitrogens with zero attached hydrogens (tertiary/aromatic N) is 1. The van der Waals surface area contributed by atoms with E-state index in [4.69, 9.17) is 21.1 Å². The maximum atomic E-state index is 12.0. The zero-order chi connectivity index (χ0) is 17.7. The third-order valence-corrected chi connectivity index (χ3v) is 3.39. The second kappa shape index (κ2) is 7.56. The minimum atomic E-state index is -0.594. The molecule has 2 aromatic rings. The van der Waals surface area contributed by atoms with Crippen LogP contribution in [0.2, 0.25) is 5.02 Å². The zero-order valence-electron chi connectivity index (χ0n) is 12.9. The van der Waals surface area contributed by atoms with Gasteiger partial charge >= 0.3 is 0 Å². The lowest BCUT2D eigenvalue weighted by Gasteiger charge is -2.06. The Morgan fingerprint density at radius 1 is 1.21 bits per heavy atom. The molecule has 0 bridgehead atoms. The van der Waals surface area contributed by atoms with Crippen molar-refractivity contribution in [1.29, 1.82) is 0 Å². The van der Waals surface area contributed by atoms with E-state index in [1.165, 1.54) is 44.7 Å². The van der Waals surface area contributed by atoms with Crippen molar-refractivity contribution in [2.45, 2.75) is 0 Å². The maximum Gasteiger partial charge on any atom is 0.275 e. The summed E-state index contributed by atoms with van der Waals surface area (Å²) in [5, 5.41) is 23.3. The molecule has 0 fully saturated rings. The number of ether oxygens (including phenoxy) is 2. The number of hydrogen-bond acceptors (Lipinski definition) is 6. The Morgan fingerprint density at radius 3 is 2.58 bits per heavy atom. The number of carbonyl (C=O) groups excluding carboxylic acids is 1. The van der Waals surface area contributed by atoms with Gasteiger partial charge in [0.15, 0.2) is 11.5 Å². The molecule has 0 heterocycles. The Balaban J connectivity index is 2.11. The predicted molar refractivity (Wildman–Crippen MR) is 89.4 cm³/mol. The SMILES string of the molecule is COc1ccc(C(=O)N/N=C\c2cc(Cl)c(O)c(OC)c2)c(O)c1. The number of amides is 1. The molecule has 0 radical (unpaired) electrons. The van der Waals surface area contributed by atoms with Crippen molar-refractivity contribution in [2.75, 3.05) is 14.2 Å². The van der Waals surface area contributed by atoms with Crippen LogP contribution in [-0.2, 0) is 0 Å². The smallest absolute Gasteiger partial charge is 0.275 e. The van der Waals surface area contributed by atoms with Gasteiger partial charge in [0, 0.05) is 6.07 Å². The maximum absolute atomic E-state index is 12.0. The lowest BCUT2D eigenvalue weighted by molar-refractivity contribution is 0.0952. The third-order valence-electron chi connectivity index (χ3n) is 3.10. The van der Waals surface area contributed by atoms with Crippen LogP contribution in [0, 0.1) is 0 Å². The average Bonchev–Trinajstić information content (AvgIpc) is 2.57. The summed E-state index contributed by atoms with van der Waals surface area (Å²) in [4.78, 5) is 12.0. The molecule has 0 aliphatic carbocycles. The first-order valence-electron chi connectivity index (χ1n) is 6.73. The van der Waals surface area contributed by atoms with Gasteiger partial charge in [0.05, 0.1) is 31.0 Å². The van der Waals surface area contributed by atoms with Gasteiger partial charge in [-0.3, -0.25) is 4.79 Å². The van der Waals surface area contributed by atoms with E-state index >= 15 is 0 Å². The molecule has 0 saturated heterocycles. The predicted octanol–water partition coefficient (Wildman–Crippen LogP) is 2.53. The third kappa shape index (κ3) is 3.88. The second-order valence-corrected chi connectivity index (χ2v) is 5.04. The number of halogens is 1. The van der Waals surface area contributed by atoms with Crippen LogP contribution in [0.1, 0.15) is 15.9 Å². The molecule has 0 aliphatic rings. The van der Waals surface area contributed by atoms with Crippen molar-refractivity contribution >= 4 is 23.7 Å². The molecule has 0 aliphatic heterocycles. The van der Waals surface area contributed by atoms with Gasteiger partial charge in [-0.25, -0.2) is 5.43 Å². The van der Waals surface area contributed by atoms with Crippen LogP contribution in [0.5, 0.6) is 23.0 Å². The van der Waals surface area contributed by atoms with Crippen LogP contribution >= 0.6 is 11.6 Å². The van der Waals surface area contributed by atoms with Gasteiger partial charge in [-0.2, -0.15) is 5.10 Å². The van der Waals surface area contributed by atoms with E-state index in [1.54, 1.807) is 6.07 Å². The van der Waals surface area contributed by atoms with Crippen LogP contribution in [0.25, 0.3) is 0 Å². The number of hydrogen-bond donors (Lipinski definition) is 3. The van der Waals surface area contributed by atoms with Crippen LogP contribution in [-0.4, -0.2) is 36.6 Å². The lowest BCUT2D eigenvalue weighted by atomic mass is 10.2. The number of hydrazone groups is 1. The second-order valence-electron chi connectivity index (χ2n) is 4.64. The molecule has 1 amide bonds. The first kappa shape index (κ1) is 17.4. The first-order valence-corrected chi connectivity index (χ1v) is 7.11. The summed E-state index contributed by atoms with van der Waals surface area (Å²) in [7, 11) is 2.84. The van der Waals surface area contributed by atoms with Gasteiger partial charge in [0.2, 0.25) is 0 Å². The molecule has 0 spiro atoms. The van der Waals surface area contributed by atoms with Gasteiger partial charge in [0.25, 0.3) is 5.91 Å². The van der Waals surface area contributed by atoms with Crippen molar-refractivity contribution in [3.63, 3.8) is 0 Å². The van der Waals surface area contributed by atoms with Crippen LogP contribution in [0.4, 0.5) is 0 Å². The fourth-order valence-corrected chi connectivity index (χ4v) is 2.10. The first-order chi connectivity index (χ1) is 11.5. The Bertz CT molecular complexity index is 792. The highest BCUT2D eigenvalue weighted by Gasteiger charge is 2.11. The van der Waals surface area contributed by atoms with Gasteiger partial charge in [-0.05, 0) is 29.8 Å². The van der Waals surface area contributed by atoms with Crippen molar-refractivity contribution < 1.29 is 24.5 Å². The molecule has 2 rings (SSSR count). The van der Waals surface area contributed by atoms with Gasteiger partial charge < -0.3 is 19.7 Å². The number of benzene rings is 2. The standard InChI is InChI=1S/C16H15ClN2O5/c1-23-10-3-4-11(13(20)7-10)16(22)19-18-8-9-5-12(17)15(21)14(6-9)24-2/h3-8,20-21H,1-2H3,(H,19,22)/b18-8-. The van der Waals surface area contributed by atoms with Crippen LogP contribution < -0.4 is 14.9 Å². The molecule has 7 nitrogen and oxygen atoms in total. The molecule has 0 saturated carbocycles. The van der Waals surface area contributed by atoms with E-state index in [2.05, 4.69) is 10.5 Å². The van der Waals surface area contributed by atoms with E-state index in [0.717, 1.165) is 0 Å². The number of rotatable bonds is 5. The monoisotopic (exact) mass is 350 g/mol. The number of nitrogens with one attached hydrogen (secondary N) is 1. The minimum absolute atomic E-state index is 0.0502. The molecule has 0 atom stereocenters. The van der Waals surface area contributed by atoms with E-state index in [-0.39, 0.29) is 27.8 Å². The highest BCUT2D eigenvalue weighted by molar-refractivity contribution is 6.32. The quantitative estimate of drug-likeness (QED) is 0.568. The van der Waals surface area contributed by atoms with Gasteiger partial charge in [0.1, 0.15) is 11.5 Å². The van der Waals surface area contributed by atoms with Gasteiger partial charge in [-0.15, -0.1) is 0 Å². The Hall–Kier alpha value is -2.93. The van der Waals surface area contributed by atoms with Gasteiger partial charge in [-0.1, -0.05) is 11.6 Å². The summed E-state index contributed by atoms with van der Waals surface area (Å²) in [6, 6.07) is 7.24. The van der Waals surface area contributed by atoms with Crippen LogP contribution in [0.15, 0.2) is 35.4 Å². The molecular formula is C16H15ClN2O5. The van der Waals surface area contributed by atoms with Crippen molar-refractivity contribution in [3.8, 4) is 23.0 Å². The van der Waals surface area contributed by atoms with Crippen molar-refractivity contribution in [1.82, 2.24) is 5.43 Å². The lowest BCUT2D eigenvalue weighted by Crippen LogP contribution is -2.17. The Labute approximate surface area is 143 Å². The fourth-order valence-electron chi connectivity index (χ4n) is 1.88. The molecule has 126 valence electrons. The normalized spacial score (nSPS) is 10.6. The number of carbonyl (C=O) groups is 1. The summed E-state index contributed by atoms with van der Waals surface area (Å²) in [6.45, 7) is 0. The molecular weight excluding hydrogens is 336 g/mol. The van der Waals surface area contributed by atoms with E-state index in [0.29, 0.717) is 11.3 Å². The molecule has 0 aromatic heterocycles. The van der Waals surface area contributed by atoms with Crippen molar-refractivity contribution in [3.05, 3.63) is 46.5 Å². The number of aromatic hydroxyl groups is 2. The fraction of sp³-hybridized carbons (Fsp3) is 0.125. The van der Waals surface area contributed by atoms with Crippen molar-refractivity contribution in [2.24, 2.45) is 5.10 Å². The minimum Gasteiger partial charge on any atom is -0.507 e. The Morgan fingerprint density at radius 2 is 1.96 bits per heavy atom. The summed E-state index contributed by atoms with van der Waals surface area (Å²) in [5.74, 6) is -0.385. The topological polar surface area (TPSA) is 100 Å². The van der Waals surface area contributed by atoms with Crippen LogP contribution in [0.3, 0.4) is 0 Å². The highest BCUT2D eigenvalue weighted by atomic mass is 35.5. The molecule has 0 unspecified atom stereocenters. The largest absolute Gasteiger partial charge is 0.507 e. The Kier molecular flexibility index (Phi) is 5.49. The summed E-state index contributed by atoms with van der Waals surface area (Å²) in [5.41, 5.74) is 2.84. The number of methoxy groups -OCH3 is 2. The van der Waals surface area contributed by atoms with E-state index in [1.807, 2.05) is 0 Å². The zero-order valence-corrected chi connectivity index (χ0v) is 13.7. The number of phenols is 2. The summed E-state index contributed by atoms with van der Waals surface area (Å²) < 4.78 is 9.92. The van der Waals surface area contributed by atoms with E-state index < -0.39 is 5.91 Å². The molecule has 3 N–H and O–H groups in total. The molecule has 24 heavy (non-hydrogen) atoms. The summed E-state index contributed by atoms with van der Waals surface area (Å²) in [6.07, 6.45) is 1.33. The number of phenolic OH excluding ortho intramolecular Hbond substituents is 2. The molecule has 8 heteroatoms. The molecule has 2 aromatic carbocycles. The average molecular weight is 351 g/mol. The van der Waals surface area contributed by atoms with E-state index in [9.17, 15) is 15.0 Å². The summed E-state index contributed by atoms with van der Waals surface area (Å²) >= 11 is 5.86.